The van der Waals surface area contributed by atoms with E-state index in [4.69, 9.17) is 12.2 Å². The molecule has 0 aromatic heterocycles. The molecule has 1 unspecified atom stereocenters. The molecule has 0 saturated carbocycles. The van der Waals surface area contributed by atoms with Crippen LogP contribution in [0.1, 0.15) is 40.5 Å². The summed E-state index contributed by atoms with van der Waals surface area (Å²) in [6, 6.07) is 0.557. The minimum absolute atomic E-state index is 0.305. The largest absolute Gasteiger partial charge is 0.347 e. The molecule has 0 aromatic carbocycles. The Morgan fingerprint density at radius 2 is 2.00 bits per heavy atom. The summed E-state index contributed by atoms with van der Waals surface area (Å²) < 4.78 is 0. The molecule has 3 heteroatoms. The van der Waals surface area contributed by atoms with Crippen LogP contribution in [0.4, 0.5) is 0 Å². The van der Waals surface area contributed by atoms with E-state index >= 15 is 0 Å². The van der Waals surface area contributed by atoms with Crippen molar-refractivity contribution in [1.82, 2.24) is 9.80 Å². The molecule has 1 fully saturated rings. The number of hydrogen-bond acceptors (Lipinski definition) is 1. The first-order chi connectivity index (χ1) is 6.88. The molecule has 0 aliphatic carbocycles. The molecular weight excluding hydrogens is 204 g/mol. The highest BCUT2D eigenvalue weighted by Gasteiger charge is 2.38. The first kappa shape index (κ1) is 12.8. The van der Waals surface area contributed by atoms with E-state index in [-0.39, 0.29) is 0 Å². The lowest BCUT2D eigenvalue weighted by atomic mass is 9.86. The van der Waals surface area contributed by atoms with Gasteiger partial charge in [0.1, 0.15) is 0 Å². The third-order valence-corrected chi connectivity index (χ3v) is 3.76. The summed E-state index contributed by atoms with van der Waals surface area (Å²) in [4.78, 5) is 4.62. The van der Waals surface area contributed by atoms with E-state index < -0.39 is 0 Å². The fourth-order valence-corrected chi connectivity index (χ4v) is 2.45. The Morgan fingerprint density at radius 1 is 1.40 bits per heavy atom. The lowest BCUT2D eigenvalue weighted by Crippen LogP contribution is -2.39. The van der Waals surface area contributed by atoms with Crippen LogP contribution in [0.3, 0.4) is 0 Å². The summed E-state index contributed by atoms with van der Waals surface area (Å²) >= 11 is 5.47. The highest BCUT2D eigenvalue weighted by Crippen LogP contribution is 2.29. The number of likely N-dealkylation sites (N-methyl/N-ethyl adjacent to an activating group) is 1. The van der Waals surface area contributed by atoms with Gasteiger partial charge in [-0.25, -0.2) is 0 Å². The molecule has 1 rings (SSSR count). The van der Waals surface area contributed by atoms with Gasteiger partial charge in [-0.1, -0.05) is 34.1 Å². The molecule has 88 valence electrons. The summed E-state index contributed by atoms with van der Waals surface area (Å²) in [6.45, 7) is 11.3. The van der Waals surface area contributed by atoms with Gasteiger partial charge in [-0.2, -0.15) is 0 Å². The molecule has 0 amide bonds. The third-order valence-electron chi connectivity index (χ3n) is 3.21. The van der Waals surface area contributed by atoms with Crippen molar-refractivity contribution < 1.29 is 0 Å². The maximum atomic E-state index is 5.47. The van der Waals surface area contributed by atoms with Crippen LogP contribution in [0.25, 0.3) is 0 Å². The highest BCUT2D eigenvalue weighted by molar-refractivity contribution is 7.80. The van der Waals surface area contributed by atoms with E-state index in [2.05, 4.69) is 44.5 Å². The van der Waals surface area contributed by atoms with E-state index in [1.807, 2.05) is 0 Å². The Bertz CT molecular complexity index is 232. The molecule has 1 atom stereocenters. The van der Waals surface area contributed by atoms with Crippen molar-refractivity contribution in [3.63, 3.8) is 0 Å². The Labute approximate surface area is 99.6 Å². The van der Waals surface area contributed by atoms with Crippen LogP contribution in [0.2, 0.25) is 0 Å². The van der Waals surface area contributed by atoms with Gasteiger partial charge in [0.2, 0.25) is 0 Å². The monoisotopic (exact) mass is 228 g/mol. The number of unbranched alkanes of at least 4 members (excludes halogenated alkanes) is 1. The van der Waals surface area contributed by atoms with Crippen molar-refractivity contribution in [3.05, 3.63) is 0 Å². The van der Waals surface area contributed by atoms with E-state index in [9.17, 15) is 0 Å². The van der Waals surface area contributed by atoms with Crippen molar-refractivity contribution in [2.45, 2.75) is 46.6 Å². The Balaban J connectivity index is 2.64. The molecule has 0 spiro atoms. The second-order valence-corrected chi connectivity index (χ2v) is 5.94. The maximum absolute atomic E-state index is 5.47. The SMILES string of the molecule is CCCCN1CC(C(C)(C)C)N(C)C1=S. The van der Waals surface area contributed by atoms with Gasteiger partial charge in [0.05, 0.1) is 6.04 Å². The van der Waals surface area contributed by atoms with Crippen LogP contribution in [0.5, 0.6) is 0 Å². The molecule has 0 N–H and O–H groups in total. The summed E-state index contributed by atoms with van der Waals surface area (Å²) in [5.74, 6) is 0. The molecule has 1 aliphatic heterocycles. The first-order valence-electron chi connectivity index (χ1n) is 5.89. The third kappa shape index (κ3) is 2.83. The van der Waals surface area contributed by atoms with Gasteiger partial charge in [-0.15, -0.1) is 0 Å². The van der Waals surface area contributed by atoms with Crippen LogP contribution >= 0.6 is 12.2 Å². The van der Waals surface area contributed by atoms with E-state index in [1.165, 1.54) is 12.8 Å². The molecule has 2 nitrogen and oxygen atoms in total. The Hall–Kier alpha value is -0.310. The van der Waals surface area contributed by atoms with Gasteiger partial charge in [-0.05, 0) is 24.1 Å². The van der Waals surface area contributed by atoms with Crippen molar-refractivity contribution in [2.75, 3.05) is 20.1 Å². The van der Waals surface area contributed by atoms with Crippen LogP contribution in [0, 0.1) is 5.41 Å². The van der Waals surface area contributed by atoms with E-state index in [0.717, 1.165) is 18.2 Å². The lowest BCUT2D eigenvalue weighted by Gasteiger charge is -2.31. The van der Waals surface area contributed by atoms with Gasteiger partial charge in [-0.3, -0.25) is 0 Å². The molecular formula is C12H24N2S. The fourth-order valence-electron chi connectivity index (χ4n) is 2.16. The zero-order valence-electron chi connectivity index (χ0n) is 10.7. The standard InChI is InChI=1S/C12H24N2S/c1-6-7-8-14-9-10(12(2,3)4)13(5)11(14)15/h10H,6-9H2,1-5H3. The van der Waals surface area contributed by atoms with Gasteiger partial charge >= 0.3 is 0 Å². The molecule has 1 heterocycles. The van der Waals surface area contributed by atoms with Crippen molar-refractivity contribution >= 4 is 17.3 Å². The van der Waals surface area contributed by atoms with E-state index in [0.29, 0.717) is 11.5 Å². The summed E-state index contributed by atoms with van der Waals surface area (Å²) in [5, 5.41) is 1.03. The molecule has 1 saturated heterocycles. The number of nitrogens with zero attached hydrogens (tertiary/aromatic N) is 2. The average Bonchev–Trinajstić information content (AvgIpc) is 2.41. The van der Waals surface area contributed by atoms with Gasteiger partial charge in [0.25, 0.3) is 0 Å². The zero-order valence-corrected chi connectivity index (χ0v) is 11.5. The summed E-state index contributed by atoms with van der Waals surface area (Å²) in [7, 11) is 2.13. The summed E-state index contributed by atoms with van der Waals surface area (Å²) in [5.41, 5.74) is 0.305. The van der Waals surface area contributed by atoms with Crippen molar-refractivity contribution in [1.29, 1.82) is 0 Å². The lowest BCUT2D eigenvalue weighted by molar-refractivity contribution is 0.208. The maximum Gasteiger partial charge on any atom is 0.171 e. The summed E-state index contributed by atoms with van der Waals surface area (Å²) in [6.07, 6.45) is 2.48. The second-order valence-electron chi connectivity index (χ2n) is 5.57. The molecule has 0 radical (unpaired) electrons. The quantitative estimate of drug-likeness (QED) is 0.686. The minimum atomic E-state index is 0.305. The Kier molecular flexibility index (Phi) is 3.99. The van der Waals surface area contributed by atoms with Gasteiger partial charge in [0.15, 0.2) is 5.11 Å². The number of hydrogen-bond donors (Lipinski definition) is 0. The minimum Gasteiger partial charge on any atom is -0.347 e. The van der Waals surface area contributed by atoms with Crippen molar-refractivity contribution in [3.8, 4) is 0 Å². The van der Waals surface area contributed by atoms with Gasteiger partial charge < -0.3 is 9.80 Å². The zero-order chi connectivity index (χ0) is 11.6. The Morgan fingerprint density at radius 3 is 2.40 bits per heavy atom. The predicted molar refractivity (Wildman–Crippen MR) is 70.1 cm³/mol. The molecule has 0 aromatic rings. The number of thiocarbonyl (C=S) groups is 1. The second kappa shape index (κ2) is 4.69. The first-order valence-corrected chi connectivity index (χ1v) is 6.30. The van der Waals surface area contributed by atoms with Crippen LogP contribution in [0.15, 0.2) is 0 Å². The predicted octanol–water partition coefficient (Wildman–Crippen LogP) is 2.73. The highest BCUT2D eigenvalue weighted by atomic mass is 32.1. The van der Waals surface area contributed by atoms with Crippen molar-refractivity contribution in [2.24, 2.45) is 5.41 Å². The van der Waals surface area contributed by atoms with Crippen LogP contribution < -0.4 is 0 Å². The number of rotatable bonds is 3. The molecule has 0 bridgehead atoms. The molecule has 1 aliphatic rings. The topological polar surface area (TPSA) is 6.48 Å². The van der Waals surface area contributed by atoms with Crippen LogP contribution in [-0.2, 0) is 0 Å². The average molecular weight is 228 g/mol. The van der Waals surface area contributed by atoms with Gasteiger partial charge in [0, 0.05) is 20.1 Å². The smallest absolute Gasteiger partial charge is 0.171 e. The van der Waals surface area contributed by atoms with Crippen LogP contribution in [-0.4, -0.2) is 41.1 Å². The van der Waals surface area contributed by atoms with E-state index in [1.54, 1.807) is 0 Å². The normalized spacial score (nSPS) is 22.7. The molecule has 15 heavy (non-hydrogen) atoms. The fraction of sp³-hybridized carbons (Fsp3) is 0.917.